The molecule has 104 valence electrons. The molecule has 19 heavy (non-hydrogen) atoms. The Morgan fingerprint density at radius 1 is 1.00 bits per heavy atom. The maximum absolute atomic E-state index is 3.42. The van der Waals surface area contributed by atoms with Crippen molar-refractivity contribution in [2.45, 2.75) is 26.2 Å². The molecule has 0 spiro atoms. The third-order valence-corrected chi connectivity index (χ3v) is 2.64. The standard InChI is InChI=1S/C7H15N.C3H3N3.C2H3N3/c1-2-8-6-4-3-5-7-8;1-2-4-6-5-3-1;1-2-4-5-3-1/h2-7H2,1H3;1-3H;1-2H,(H,3,4,5). The van der Waals surface area contributed by atoms with Gasteiger partial charge in [-0.2, -0.15) is 0 Å². The van der Waals surface area contributed by atoms with Crippen LogP contribution in [-0.4, -0.2) is 55.4 Å². The molecule has 0 atom stereocenters. The highest BCUT2D eigenvalue weighted by Gasteiger charge is 2.05. The number of likely N-dealkylation sites (tertiary alicyclic amines) is 1. The molecule has 1 fully saturated rings. The van der Waals surface area contributed by atoms with Gasteiger partial charge in [-0.1, -0.05) is 18.6 Å². The molecular weight excluding hydrogens is 242 g/mol. The van der Waals surface area contributed by atoms with Crippen LogP contribution in [0.3, 0.4) is 0 Å². The van der Waals surface area contributed by atoms with Gasteiger partial charge >= 0.3 is 0 Å². The molecule has 0 unspecified atom stereocenters. The molecule has 2 aromatic heterocycles. The summed E-state index contributed by atoms with van der Waals surface area (Å²) in [4.78, 5) is 2.52. The van der Waals surface area contributed by atoms with Crippen LogP contribution in [0.4, 0.5) is 0 Å². The van der Waals surface area contributed by atoms with E-state index in [0.717, 1.165) is 0 Å². The summed E-state index contributed by atoms with van der Waals surface area (Å²) in [5.41, 5.74) is 0. The number of aromatic amines is 1. The topological polar surface area (TPSA) is 83.5 Å². The molecule has 0 aliphatic carbocycles. The fourth-order valence-electron chi connectivity index (χ4n) is 1.65. The van der Waals surface area contributed by atoms with Crippen LogP contribution in [0.15, 0.2) is 30.9 Å². The molecule has 0 amide bonds. The number of H-pyrrole nitrogens is 1. The third kappa shape index (κ3) is 8.78. The van der Waals surface area contributed by atoms with Gasteiger partial charge in [0.1, 0.15) is 0 Å². The van der Waals surface area contributed by atoms with Gasteiger partial charge in [-0.05, 0) is 43.8 Å². The number of nitrogens with one attached hydrogen (secondary N) is 1. The Hall–Kier alpha value is -1.89. The number of nitrogens with zero attached hydrogens (tertiary/aromatic N) is 6. The molecule has 0 aromatic carbocycles. The molecule has 0 bridgehead atoms. The fourth-order valence-corrected chi connectivity index (χ4v) is 1.65. The lowest BCUT2D eigenvalue weighted by Gasteiger charge is -2.24. The molecular formula is C12H21N7. The molecule has 2 aromatic rings. The Kier molecular flexibility index (Phi) is 8.95. The predicted molar refractivity (Wildman–Crippen MR) is 72.2 cm³/mol. The summed E-state index contributed by atoms with van der Waals surface area (Å²) < 4.78 is 0. The molecule has 7 heteroatoms. The van der Waals surface area contributed by atoms with Gasteiger partial charge < -0.3 is 4.90 Å². The molecule has 1 aliphatic heterocycles. The number of piperidine rings is 1. The SMILES string of the molecule is CCN1CCCCC1.c1c[nH]nn1.c1cnnnc1. The Bertz CT molecular complexity index is 315. The van der Waals surface area contributed by atoms with Gasteiger partial charge in [-0.3, -0.25) is 5.10 Å². The van der Waals surface area contributed by atoms with E-state index in [-0.39, 0.29) is 0 Å². The highest BCUT2D eigenvalue weighted by molar-refractivity contribution is 4.69. The van der Waals surface area contributed by atoms with Crippen molar-refractivity contribution in [1.29, 1.82) is 0 Å². The van der Waals surface area contributed by atoms with Crippen LogP contribution in [0.5, 0.6) is 0 Å². The number of rotatable bonds is 1. The fraction of sp³-hybridized carbons (Fsp3) is 0.583. The highest BCUT2D eigenvalue weighted by Crippen LogP contribution is 2.06. The first-order valence-corrected chi connectivity index (χ1v) is 6.54. The summed E-state index contributed by atoms with van der Waals surface area (Å²) in [6.45, 7) is 6.18. The van der Waals surface area contributed by atoms with Crippen molar-refractivity contribution in [3.63, 3.8) is 0 Å². The quantitative estimate of drug-likeness (QED) is 0.831. The van der Waals surface area contributed by atoms with Crippen LogP contribution in [0, 0.1) is 0 Å². The van der Waals surface area contributed by atoms with Crippen LogP contribution in [-0.2, 0) is 0 Å². The highest BCUT2D eigenvalue weighted by atomic mass is 15.3. The Labute approximate surface area is 113 Å². The summed E-state index contributed by atoms with van der Waals surface area (Å²) in [6.07, 6.45) is 10.7. The number of hydrogen-bond donors (Lipinski definition) is 1. The first-order valence-electron chi connectivity index (χ1n) is 6.54. The van der Waals surface area contributed by atoms with E-state index in [4.69, 9.17) is 0 Å². The van der Waals surface area contributed by atoms with E-state index in [1.165, 1.54) is 38.9 Å². The van der Waals surface area contributed by atoms with Gasteiger partial charge in [0.15, 0.2) is 0 Å². The maximum atomic E-state index is 3.42. The minimum atomic E-state index is 1.25. The average Bonchev–Trinajstić information content (AvgIpc) is 3.10. The van der Waals surface area contributed by atoms with Gasteiger partial charge in [0.05, 0.1) is 18.6 Å². The summed E-state index contributed by atoms with van der Waals surface area (Å²) in [5, 5.41) is 19.4. The van der Waals surface area contributed by atoms with Crippen LogP contribution in [0.25, 0.3) is 0 Å². The maximum Gasteiger partial charge on any atom is 0.0690 e. The summed E-state index contributed by atoms with van der Waals surface area (Å²) in [7, 11) is 0. The van der Waals surface area contributed by atoms with E-state index >= 15 is 0 Å². The first kappa shape index (κ1) is 15.2. The molecule has 7 nitrogen and oxygen atoms in total. The van der Waals surface area contributed by atoms with E-state index in [1.807, 2.05) is 0 Å². The van der Waals surface area contributed by atoms with Gasteiger partial charge in [0, 0.05) is 6.20 Å². The lowest BCUT2D eigenvalue weighted by atomic mass is 10.1. The Morgan fingerprint density at radius 2 is 1.74 bits per heavy atom. The van der Waals surface area contributed by atoms with Gasteiger partial charge in [0.25, 0.3) is 0 Å². The van der Waals surface area contributed by atoms with E-state index < -0.39 is 0 Å². The molecule has 3 rings (SSSR count). The minimum absolute atomic E-state index is 1.25. The first-order chi connectivity index (χ1) is 9.43. The van der Waals surface area contributed by atoms with E-state index in [2.05, 4.69) is 42.6 Å². The normalized spacial score (nSPS) is 14.6. The number of hydrogen-bond acceptors (Lipinski definition) is 6. The second-order valence-electron chi connectivity index (χ2n) is 3.97. The predicted octanol–water partition coefficient (Wildman–Crippen LogP) is 1.17. The van der Waals surface area contributed by atoms with Gasteiger partial charge in [-0.15, -0.1) is 15.3 Å². The van der Waals surface area contributed by atoms with Crippen LogP contribution in [0.2, 0.25) is 0 Å². The molecule has 1 N–H and O–H groups in total. The number of aromatic nitrogens is 6. The smallest absolute Gasteiger partial charge is 0.0690 e. The second-order valence-corrected chi connectivity index (χ2v) is 3.97. The Balaban J connectivity index is 0.000000147. The van der Waals surface area contributed by atoms with Gasteiger partial charge in [-0.25, -0.2) is 0 Å². The zero-order chi connectivity index (χ0) is 13.6. The van der Waals surface area contributed by atoms with Crippen LogP contribution in [0.1, 0.15) is 26.2 Å². The van der Waals surface area contributed by atoms with Crippen molar-refractivity contribution in [2.24, 2.45) is 0 Å². The lowest BCUT2D eigenvalue weighted by Crippen LogP contribution is -2.29. The Morgan fingerprint density at radius 3 is 2.00 bits per heavy atom. The van der Waals surface area contributed by atoms with Crippen molar-refractivity contribution in [3.05, 3.63) is 30.9 Å². The van der Waals surface area contributed by atoms with Crippen molar-refractivity contribution in [2.75, 3.05) is 19.6 Å². The third-order valence-electron chi connectivity index (χ3n) is 2.64. The molecule has 0 radical (unpaired) electrons. The average molecular weight is 263 g/mol. The van der Waals surface area contributed by atoms with Gasteiger partial charge in [0.2, 0.25) is 0 Å². The van der Waals surface area contributed by atoms with Crippen molar-refractivity contribution in [1.82, 2.24) is 35.7 Å². The second kappa shape index (κ2) is 11.2. The summed E-state index contributed by atoms with van der Waals surface area (Å²) in [5.74, 6) is 0. The summed E-state index contributed by atoms with van der Waals surface area (Å²) in [6, 6.07) is 1.72. The molecule has 1 aliphatic rings. The zero-order valence-electron chi connectivity index (χ0n) is 11.3. The molecule has 3 heterocycles. The van der Waals surface area contributed by atoms with Crippen LogP contribution >= 0.6 is 0 Å². The van der Waals surface area contributed by atoms with E-state index in [9.17, 15) is 0 Å². The molecule has 1 saturated heterocycles. The molecule has 0 saturated carbocycles. The van der Waals surface area contributed by atoms with Crippen molar-refractivity contribution < 1.29 is 0 Å². The van der Waals surface area contributed by atoms with Crippen molar-refractivity contribution >= 4 is 0 Å². The monoisotopic (exact) mass is 263 g/mol. The van der Waals surface area contributed by atoms with E-state index in [1.54, 1.807) is 30.9 Å². The van der Waals surface area contributed by atoms with E-state index in [0.29, 0.717) is 0 Å². The minimum Gasteiger partial charge on any atom is -0.304 e. The summed E-state index contributed by atoms with van der Waals surface area (Å²) >= 11 is 0. The lowest BCUT2D eigenvalue weighted by molar-refractivity contribution is 0.240. The largest absolute Gasteiger partial charge is 0.304 e. The zero-order valence-corrected chi connectivity index (χ0v) is 11.3. The van der Waals surface area contributed by atoms with Crippen molar-refractivity contribution in [3.8, 4) is 0 Å². The van der Waals surface area contributed by atoms with Crippen LogP contribution < -0.4 is 0 Å².